The summed E-state index contributed by atoms with van der Waals surface area (Å²) in [4.78, 5) is 17.5. The highest BCUT2D eigenvalue weighted by atomic mass is 32.2. The van der Waals surface area contributed by atoms with Crippen LogP contribution in [0.5, 0.6) is 0 Å². The number of nitrogens with one attached hydrogen (secondary N) is 1. The molecular formula is C31H31N3O3S. The summed E-state index contributed by atoms with van der Waals surface area (Å²) in [5.74, 6) is -0.652. The van der Waals surface area contributed by atoms with E-state index in [1.807, 2.05) is 61.5 Å². The number of benzene rings is 4. The van der Waals surface area contributed by atoms with Gasteiger partial charge in [0.2, 0.25) is 0 Å². The lowest BCUT2D eigenvalue weighted by Crippen LogP contribution is -2.45. The van der Waals surface area contributed by atoms with Gasteiger partial charge in [-0.2, -0.15) is 0 Å². The van der Waals surface area contributed by atoms with Gasteiger partial charge in [0.05, 0.1) is 4.90 Å². The van der Waals surface area contributed by atoms with Gasteiger partial charge in [0.15, 0.2) is 0 Å². The monoisotopic (exact) mass is 525 g/mol. The van der Waals surface area contributed by atoms with Crippen molar-refractivity contribution in [2.24, 2.45) is 0 Å². The first kappa shape index (κ1) is 25.7. The molecule has 4 aromatic carbocycles. The maximum Gasteiger partial charge on any atom is 0.264 e. The number of para-hydroxylation sites is 1. The highest BCUT2D eigenvalue weighted by Gasteiger charge is 2.20. The van der Waals surface area contributed by atoms with Crippen LogP contribution < -0.4 is 9.62 Å². The quantitative estimate of drug-likeness (QED) is 0.364. The van der Waals surface area contributed by atoms with E-state index in [0.717, 1.165) is 49.4 Å². The standard InChI is InChI=1S/C31H31N3O3S/c1-24-7-11-26(12-8-24)27-13-15-28(16-14-27)31(35)32-38(36,37)30-17-9-25(10-18-30)23-33-19-21-34(22-20-33)29-5-3-2-4-6-29/h2-18H,19-23H2,1H3,(H,32,35). The zero-order valence-electron chi connectivity index (χ0n) is 21.4. The lowest BCUT2D eigenvalue weighted by molar-refractivity contribution is 0.0981. The molecule has 1 N–H and O–H groups in total. The summed E-state index contributed by atoms with van der Waals surface area (Å²) in [6.07, 6.45) is 0. The normalized spacial score (nSPS) is 14.3. The first-order chi connectivity index (χ1) is 18.4. The van der Waals surface area contributed by atoms with Gasteiger partial charge in [0.1, 0.15) is 0 Å². The van der Waals surface area contributed by atoms with Crippen LogP contribution >= 0.6 is 0 Å². The molecule has 7 heteroatoms. The average molecular weight is 526 g/mol. The Hall–Kier alpha value is -3.94. The highest BCUT2D eigenvalue weighted by molar-refractivity contribution is 7.90. The SMILES string of the molecule is Cc1ccc(-c2ccc(C(=O)NS(=O)(=O)c3ccc(CN4CCN(c5ccccc5)CC4)cc3)cc2)cc1. The molecule has 0 saturated carbocycles. The molecule has 1 aliphatic rings. The van der Waals surface area contributed by atoms with Crippen molar-refractivity contribution in [2.75, 3.05) is 31.1 Å². The number of sulfonamides is 1. The summed E-state index contributed by atoms with van der Waals surface area (Å²) in [6, 6.07) is 32.2. The first-order valence-corrected chi connectivity index (χ1v) is 14.2. The largest absolute Gasteiger partial charge is 0.369 e. The third-order valence-corrected chi connectivity index (χ3v) is 8.24. The fourth-order valence-corrected chi connectivity index (χ4v) is 5.61. The minimum absolute atomic E-state index is 0.0692. The van der Waals surface area contributed by atoms with Crippen molar-refractivity contribution < 1.29 is 13.2 Å². The number of anilines is 1. The average Bonchev–Trinajstić information content (AvgIpc) is 2.94. The topological polar surface area (TPSA) is 69.7 Å². The van der Waals surface area contributed by atoms with E-state index in [-0.39, 0.29) is 10.5 Å². The van der Waals surface area contributed by atoms with Crippen molar-refractivity contribution in [3.05, 3.63) is 120 Å². The lowest BCUT2D eigenvalue weighted by Gasteiger charge is -2.36. The molecule has 6 nitrogen and oxygen atoms in total. The molecular weight excluding hydrogens is 494 g/mol. The molecule has 0 radical (unpaired) electrons. The summed E-state index contributed by atoms with van der Waals surface area (Å²) < 4.78 is 27.9. The number of nitrogens with zero attached hydrogens (tertiary/aromatic N) is 2. The molecule has 1 saturated heterocycles. The second kappa shape index (κ2) is 11.2. The summed E-state index contributed by atoms with van der Waals surface area (Å²) >= 11 is 0. The van der Waals surface area contributed by atoms with E-state index in [1.54, 1.807) is 24.3 Å². The van der Waals surface area contributed by atoms with Crippen LogP contribution in [0.25, 0.3) is 11.1 Å². The second-order valence-corrected chi connectivity index (χ2v) is 11.3. The number of aryl methyl sites for hydroxylation is 1. The molecule has 4 aromatic rings. The minimum atomic E-state index is -3.98. The Morgan fingerprint density at radius 3 is 1.92 bits per heavy atom. The predicted octanol–water partition coefficient (Wildman–Crippen LogP) is 5.10. The maximum absolute atomic E-state index is 12.9. The highest BCUT2D eigenvalue weighted by Crippen LogP contribution is 2.21. The van der Waals surface area contributed by atoms with E-state index in [9.17, 15) is 13.2 Å². The van der Waals surface area contributed by atoms with Crippen molar-refractivity contribution >= 4 is 21.6 Å². The van der Waals surface area contributed by atoms with Crippen LogP contribution in [0.4, 0.5) is 5.69 Å². The number of hydrogen-bond acceptors (Lipinski definition) is 5. The van der Waals surface area contributed by atoms with Gasteiger partial charge >= 0.3 is 0 Å². The van der Waals surface area contributed by atoms with Crippen molar-refractivity contribution in [1.29, 1.82) is 0 Å². The van der Waals surface area contributed by atoms with Crippen LogP contribution in [0.3, 0.4) is 0 Å². The molecule has 5 rings (SSSR count). The molecule has 0 atom stereocenters. The molecule has 0 bridgehead atoms. The summed E-state index contributed by atoms with van der Waals surface area (Å²) in [5.41, 5.74) is 5.73. The molecule has 0 spiro atoms. The van der Waals surface area contributed by atoms with E-state index in [2.05, 4.69) is 38.8 Å². The minimum Gasteiger partial charge on any atom is -0.369 e. The van der Waals surface area contributed by atoms with Crippen LogP contribution in [-0.2, 0) is 16.6 Å². The van der Waals surface area contributed by atoms with Crippen LogP contribution in [-0.4, -0.2) is 45.4 Å². The molecule has 0 aliphatic carbocycles. The van der Waals surface area contributed by atoms with Crippen molar-refractivity contribution in [3.63, 3.8) is 0 Å². The van der Waals surface area contributed by atoms with Gasteiger partial charge in [-0.15, -0.1) is 0 Å². The zero-order chi connectivity index (χ0) is 26.5. The fraction of sp³-hybridized carbons (Fsp3) is 0.194. The Labute approximate surface area is 224 Å². The van der Waals surface area contributed by atoms with E-state index in [4.69, 9.17) is 0 Å². The number of carbonyl (C=O) groups is 1. The van der Waals surface area contributed by atoms with Gasteiger partial charge in [-0.1, -0.05) is 72.3 Å². The Kier molecular flexibility index (Phi) is 7.58. The molecule has 0 unspecified atom stereocenters. The summed E-state index contributed by atoms with van der Waals surface area (Å²) in [7, 11) is -3.98. The smallest absolute Gasteiger partial charge is 0.264 e. The molecule has 1 fully saturated rings. The van der Waals surface area contributed by atoms with Crippen molar-refractivity contribution in [1.82, 2.24) is 9.62 Å². The Morgan fingerprint density at radius 2 is 1.32 bits per heavy atom. The molecule has 194 valence electrons. The van der Waals surface area contributed by atoms with Gasteiger partial charge in [0.25, 0.3) is 15.9 Å². The predicted molar refractivity (Wildman–Crippen MR) is 152 cm³/mol. The van der Waals surface area contributed by atoms with Crippen LogP contribution in [0.15, 0.2) is 108 Å². The summed E-state index contributed by atoms with van der Waals surface area (Å²) in [6.45, 7) is 6.56. The van der Waals surface area contributed by atoms with Gasteiger partial charge in [-0.3, -0.25) is 9.69 Å². The lowest BCUT2D eigenvalue weighted by atomic mass is 10.0. The van der Waals surface area contributed by atoms with Crippen molar-refractivity contribution in [2.45, 2.75) is 18.4 Å². The summed E-state index contributed by atoms with van der Waals surface area (Å²) in [5, 5.41) is 0. The number of rotatable bonds is 7. The third kappa shape index (κ3) is 6.13. The van der Waals surface area contributed by atoms with E-state index in [0.29, 0.717) is 0 Å². The zero-order valence-corrected chi connectivity index (χ0v) is 22.2. The van der Waals surface area contributed by atoms with E-state index >= 15 is 0 Å². The second-order valence-electron chi connectivity index (χ2n) is 9.62. The molecule has 1 aliphatic heterocycles. The number of piperazine rings is 1. The van der Waals surface area contributed by atoms with Gasteiger partial charge in [0, 0.05) is 44.0 Å². The van der Waals surface area contributed by atoms with Gasteiger partial charge < -0.3 is 4.90 Å². The van der Waals surface area contributed by atoms with E-state index in [1.165, 1.54) is 11.3 Å². The maximum atomic E-state index is 12.9. The molecule has 0 aromatic heterocycles. The molecule has 1 heterocycles. The number of amides is 1. The number of hydrogen-bond donors (Lipinski definition) is 1. The Balaban J connectivity index is 1.16. The number of carbonyl (C=O) groups excluding carboxylic acids is 1. The molecule has 1 amide bonds. The van der Waals surface area contributed by atoms with Crippen LogP contribution in [0.1, 0.15) is 21.5 Å². The fourth-order valence-electron chi connectivity index (χ4n) is 4.64. The van der Waals surface area contributed by atoms with Crippen molar-refractivity contribution in [3.8, 4) is 11.1 Å². The Bertz CT molecular complexity index is 1480. The van der Waals surface area contributed by atoms with Gasteiger partial charge in [-0.25, -0.2) is 13.1 Å². The van der Waals surface area contributed by atoms with Crippen LogP contribution in [0.2, 0.25) is 0 Å². The van der Waals surface area contributed by atoms with Crippen LogP contribution in [0, 0.1) is 6.92 Å². The molecule has 38 heavy (non-hydrogen) atoms. The van der Waals surface area contributed by atoms with Gasteiger partial charge in [-0.05, 0) is 60.0 Å². The first-order valence-electron chi connectivity index (χ1n) is 12.7. The Morgan fingerprint density at radius 1 is 0.737 bits per heavy atom. The third-order valence-electron chi connectivity index (χ3n) is 6.89. The van der Waals surface area contributed by atoms with E-state index < -0.39 is 15.9 Å².